The highest BCUT2D eigenvalue weighted by Gasteiger charge is 2.60. The Kier molecular flexibility index (Phi) is 4.20. The molecule has 2 aromatic rings. The normalized spacial score (nSPS) is 27.4. The summed E-state index contributed by atoms with van der Waals surface area (Å²) >= 11 is 0. The van der Waals surface area contributed by atoms with E-state index in [-0.39, 0.29) is 23.0 Å². The minimum atomic E-state index is -0.878. The summed E-state index contributed by atoms with van der Waals surface area (Å²) in [5, 5.41) is 0. The lowest BCUT2D eigenvalue weighted by Gasteiger charge is -2.56. The van der Waals surface area contributed by atoms with Crippen molar-refractivity contribution in [3.8, 4) is 0 Å². The lowest BCUT2D eigenvalue weighted by molar-refractivity contribution is -0.151. The summed E-state index contributed by atoms with van der Waals surface area (Å²) in [6, 6.07) is 19.0. The minimum Gasteiger partial charge on any atom is -0.367 e. The minimum absolute atomic E-state index is 0.0348. The maximum atomic E-state index is 13.7. The van der Waals surface area contributed by atoms with Gasteiger partial charge in [-0.05, 0) is 47.8 Å². The van der Waals surface area contributed by atoms with Crippen molar-refractivity contribution in [3.63, 3.8) is 0 Å². The second kappa shape index (κ2) is 6.55. The van der Waals surface area contributed by atoms with Gasteiger partial charge in [-0.25, -0.2) is 0 Å². The first-order chi connectivity index (χ1) is 13.9. The van der Waals surface area contributed by atoms with Gasteiger partial charge in [0.1, 0.15) is 17.0 Å². The SMILES string of the molecule is CC1(C)CC(=O)C2(Cc3ccccc3N3CCC(c4ccccc4)CC32)C(=O)C1. The van der Waals surface area contributed by atoms with Crippen molar-refractivity contribution in [1.82, 2.24) is 0 Å². The van der Waals surface area contributed by atoms with E-state index in [4.69, 9.17) is 0 Å². The number of carbonyl (C=O) groups excluding carboxylic acids is 2. The van der Waals surface area contributed by atoms with Crippen LogP contribution in [0.1, 0.15) is 56.6 Å². The van der Waals surface area contributed by atoms with Gasteiger partial charge in [-0.1, -0.05) is 62.4 Å². The zero-order valence-electron chi connectivity index (χ0n) is 17.4. The Balaban J connectivity index is 1.61. The molecular weight excluding hydrogens is 358 g/mol. The molecule has 2 heterocycles. The van der Waals surface area contributed by atoms with Crippen molar-refractivity contribution in [1.29, 1.82) is 0 Å². The quantitative estimate of drug-likeness (QED) is 0.651. The second-order valence-electron chi connectivity index (χ2n) is 9.98. The van der Waals surface area contributed by atoms with Gasteiger partial charge < -0.3 is 4.90 Å². The van der Waals surface area contributed by atoms with E-state index >= 15 is 0 Å². The van der Waals surface area contributed by atoms with Crippen molar-refractivity contribution < 1.29 is 9.59 Å². The van der Waals surface area contributed by atoms with E-state index in [9.17, 15) is 9.59 Å². The molecule has 5 rings (SSSR count). The van der Waals surface area contributed by atoms with Crippen LogP contribution in [0, 0.1) is 10.8 Å². The molecule has 0 aromatic heterocycles. The van der Waals surface area contributed by atoms with Crippen LogP contribution < -0.4 is 4.90 Å². The number of carbonyl (C=O) groups is 2. The molecule has 1 saturated carbocycles. The number of Topliss-reactive ketones (excluding diaryl/α,β-unsaturated/α-hetero) is 2. The number of ketones is 2. The maximum Gasteiger partial charge on any atom is 0.149 e. The fourth-order valence-electron chi connectivity index (χ4n) is 6.08. The van der Waals surface area contributed by atoms with Crippen LogP contribution in [-0.2, 0) is 16.0 Å². The highest BCUT2D eigenvalue weighted by atomic mass is 16.2. The highest BCUT2D eigenvalue weighted by molar-refractivity contribution is 6.11. The lowest BCUT2D eigenvalue weighted by Crippen LogP contribution is -2.65. The van der Waals surface area contributed by atoms with Crippen LogP contribution >= 0.6 is 0 Å². The van der Waals surface area contributed by atoms with Crippen LogP contribution in [0.3, 0.4) is 0 Å². The third-order valence-corrected chi connectivity index (χ3v) is 7.49. The topological polar surface area (TPSA) is 37.4 Å². The van der Waals surface area contributed by atoms with Crippen molar-refractivity contribution in [2.75, 3.05) is 11.4 Å². The summed E-state index contributed by atoms with van der Waals surface area (Å²) in [5.74, 6) is 0.726. The molecule has 0 amide bonds. The first-order valence-electron chi connectivity index (χ1n) is 10.9. The number of hydrogen-bond donors (Lipinski definition) is 0. The Labute approximate surface area is 173 Å². The molecule has 2 aliphatic heterocycles. The van der Waals surface area contributed by atoms with E-state index in [0.717, 1.165) is 24.9 Å². The number of anilines is 1. The van der Waals surface area contributed by atoms with Gasteiger partial charge in [0.2, 0.25) is 0 Å². The standard InChI is InChI=1S/C26H29NO2/c1-25(2)16-23(28)26(24(29)17-25)15-20-10-6-7-11-21(20)27-13-12-19(14-22(26)27)18-8-4-3-5-9-18/h3-11,19,22H,12-17H2,1-2H3. The third kappa shape index (κ3) is 2.86. The Morgan fingerprint density at radius 1 is 0.862 bits per heavy atom. The molecule has 2 fully saturated rings. The van der Waals surface area contributed by atoms with Crippen LogP contribution in [0.4, 0.5) is 5.69 Å². The number of fused-ring (bicyclic) bond motifs is 4. The molecule has 0 radical (unpaired) electrons. The van der Waals surface area contributed by atoms with Crippen molar-refractivity contribution in [3.05, 3.63) is 65.7 Å². The van der Waals surface area contributed by atoms with Crippen LogP contribution in [0.15, 0.2) is 54.6 Å². The summed E-state index contributed by atoms with van der Waals surface area (Å²) in [6.45, 7) is 5.00. The first kappa shape index (κ1) is 18.6. The Hall–Kier alpha value is -2.42. The van der Waals surface area contributed by atoms with Crippen LogP contribution in [-0.4, -0.2) is 24.2 Å². The predicted octanol–water partition coefficient (Wildman–Crippen LogP) is 4.94. The Bertz CT molecular complexity index is 942. The maximum absolute atomic E-state index is 13.7. The molecular formula is C26H29NO2. The number of nitrogens with zero attached hydrogens (tertiary/aromatic N) is 1. The molecule has 0 bridgehead atoms. The molecule has 2 aromatic carbocycles. The molecule has 2 unspecified atom stereocenters. The number of hydrogen-bond acceptors (Lipinski definition) is 3. The highest BCUT2D eigenvalue weighted by Crippen LogP contribution is 2.53. The van der Waals surface area contributed by atoms with Gasteiger partial charge in [0.05, 0.1) is 0 Å². The summed E-state index contributed by atoms with van der Waals surface area (Å²) < 4.78 is 0. The van der Waals surface area contributed by atoms with Gasteiger partial charge >= 0.3 is 0 Å². The Morgan fingerprint density at radius 3 is 2.24 bits per heavy atom. The third-order valence-electron chi connectivity index (χ3n) is 7.49. The molecule has 3 heteroatoms. The molecule has 29 heavy (non-hydrogen) atoms. The molecule has 1 saturated heterocycles. The Morgan fingerprint density at radius 2 is 1.52 bits per heavy atom. The van der Waals surface area contributed by atoms with E-state index in [1.54, 1.807) is 0 Å². The summed E-state index contributed by atoms with van der Waals surface area (Å²) in [7, 11) is 0. The smallest absolute Gasteiger partial charge is 0.149 e. The van der Waals surface area contributed by atoms with Gasteiger partial charge in [0, 0.05) is 31.1 Å². The van der Waals surface area contributed by atoms with Crippen LogP contribution in [0.2, 0.25) is 0 Å². The monoisotopic (exact) mass is 387 g/mol. The number of piperidine rings is 1. The lowest BCUT2D eigenvalue weighted by atomic mass is 9.55. The molecule has 3 nitrogen and oxygen atoms in total. The van der Waals surface area contributed by atoms with E-state index in [1.807, 2.05) is 12.1 Å². The number of benzene rings is 2. The van der Waals surface area contributed by atoms with Gasteiger partial charge in [0.25, 0.3) is 0 Å². The van der Waals surface area contributed by atoms with Gasteiger partial charge in [-0.2, -0.15) is 0 Å². The van der Waals surface area contributed by atoms with Crippen molar-refractivity contribution >= 4 is 17.3 Å². The second-order valence-corrected chi connectivity index (χ2v) is 9.98. The van der Waals surface area contributed by atoms with Crippen LogP contribution in [0.5, 0.6) is 0 Å². The van der Waals surface area contributed by atoms with E-state index in [2.05, 4.69) is 61.2 Å². The van der Waals surface area contributed by atoms with Gasteiger partial charge in [-0.3, -0.25) is 9.59 Å². The molecule has 0 N–H and O–H groups in total. The largest absolute Gasteiger partial charge is 0.367 e. The molecule has 2 atom stereocenters. The molecule has 150 valence electrons. The summed E-state index contributed by atoms with van der Waals surface area (Å²) in [5.41, 5.74) is 2.60. The number of rotatable bonds is 1. The summed E-state index contributed by atoms with van der Waals surface area (Å²) in [4.78, 5) is 29.7. The average molecular weight is 388 g/mol. The predicted molar refractivity (Wildman–Crippen MR) is 115 cm³/mol. The van der Waals surface area contributed by atoms with Crippen molar-refractivity contribution in [2.45, 2.75) is 57.9 Å². The molecule has 3 aliphatic rings. The zero-order chi connectivity index (χ0) is 20.2. The summed E-state index contributed by atoms with van der Waals surface area (Å²) in [6.07, 6.45) is 3.50. The van der Waals surface area contributed by atoms with E-state index in [1.165, 1.54) is 11.3 Å². The zero-order valence-corrected chi connectivity index (χ0v) is 17.4. The van der Waals surface area contributed by atoms with Gasteiger partial charge in [-0.15, -0.1) is 0 Å². The van der Waals surface area contributed by atoms with E-state index < -0.39 is 5.41 Å². The van der Waals surface area contributed by atoms with Gasteiger partial charge in [0.15, 0.2) is 0 Å². The fourth-order valence-corrected chi connectivity index (χ4v) is 6.08. The fraction of sp³-hybridized carbons (Fsp3) is 0.462. The molecule has 1 aliphatic carbocycles. The molecule has 1 spiro atoms. The average Bonchev–Trinajstić information content (AvgIpc) is 2.71. The number of para-hydroxylation sites is 1. The van der Waals surface area contributed by atoms with E-state index in [0.29, 0.717) is 25.2 Å². The first-order valence-corrected chi connectivity index (χ1v) is 10.9. The van der Waals surface area contributed by atoms with Crippen molar-refractivity contribution in [2.24, 2.45) is 10.8 Å². The van der Waals surface area contributed by atoms with Crippen LogP contribution in [0.25, 0.3) is 0 Å².